The molecule has 2 atom stereocenters. The van der Waals surface area contributed by atoms with Crippen molar-refractivity contribution in [3.05, 3.63) is 83.3 Å². The lowest BCUT2D eigenvalue weighted by Gasteiger charge is -2.32. The van der Waals surface area contributed by atoms with E-state index in [1.807, 2.05) is 6.07 Å². The Hall–Kier alpha value is -3.82. The number of carbonyl (C=O) groups excluding carboxylic acids is 3. The summed E-state index contributed by atoms with van der Waals surface area (Å²) < 4.78 is 16.3. The lowest BCUT2D eigenvalue weighted by atomic mass is 10.0. The molecule has 0 unspecified atom stereocenters. The number of furan rings is 1. The van der Waals surface area contributed by atoms with Gasteiger partial charge in [0.1, 0.15) is 11.8 Å². The average molecular weight is 526 g/mol. The number of anilines is 1. The summed E-state index contributed by atoms with van der Waals surface area (Å²) in [6.07, 6.45) is 3.06. The molecule has 1 fully saturated rings. The van der Waals surface area contributed by atoms with Crippen LogP contribution in [0.2, 0.25) is 5.02 Å². The molecule has 2 N–H and O–H groups in total. The molecular weight excluding hydrogens is 498 g/mol. The molecule has 0 radical (unpaired) electrons. The van der Waals surface area contributed by atoms with Crippen LogP contribution in [-0.2, 0) is 14.3 Å². The van der Waals surface area contributed by atoms with Crippen LogP contribution in [0.15, 0.2) is 71.3 Å². The van der Waals surface area contributed by atoms with Crippen molar-refractivity contribution >= 4 is 35.0 Å². The van der Waals surface area contributed by atoms with Crippen LogP contribution in [-0.4, -0.2) is 50.6 Å². The molecule has 3 aromatic rings. The van der Waals surface area contributed by atoms with E-state index in [1.54, 1.807) is 48.5 Å². The Labute approximate surface area is 219 Å². The second-order valence-electron chi connectivity index (χ2n) is 8.43. The Morgan fingerprint density at radius 1 is 1.11 bits per heavy atom. The number of rotatable bonds is 10. The first kappa shape index (κ1) is 26.2. The van der Waals surface area contributed by atoms with Crippen molar-refractivity contribution in [2.45, 2.75) is 25.0 Å². The first-order chi connectivity index (χ1) is 18.0. The maximum atomic E-state index is 13.8. The molecule has 194 valence electrons. The van der Waals surface area contributed by atoms with Crippen molar-refractivity contribution in [2.75, 3.05) is 31.7 Å². The van der Waals surface area contributed by atoms with Crippen LogP contribution in [0.25, 0.3) is 0 Å². The number of ether oxygens (including phenoxy) is 2. The van der Waals surface area contributed by atoms with Crippen LogP contribution >= 0.6 is 11.6 Å². The van der Waals surface area contributed by atoms with Gasteiger partial charge < -0.3 is 24.5 Å². The zero-order valence-electron chi connectivity index (χ0n) is 20.3. The number of nitrogens with zero attached hydrogens (tertiary/aromatic N) is 1. The number of hydrogen-bond acceptors (Lipinski definition) is 6. The Bertz CT molecular complexity index is 1210. The van der Waals surface area contributed by atoms with E-state index >= 15 is 0 Å². The second kappa shape index (κ2) is 12.4. The van der Waals surface area contributed by atoms with Crippen LogP contribution in [0.4, 0.5) is 5.69 Å². The van der Waals surface area contributed by atoms with E-state index in [0.29, 0.717) is 29.5 Å². The average Bonchev–Trinajstić information content (AvgIpc) is 3.64. The Morgan fingerprint density at radius 2 is 1.92 bits per heavy atom. The molecule has 2 aromatic carbocycles. The van der Waals surface area contributed by atoms with Gasteiger partial charge in [0.05, 0.1) is 31.7 Å². The SMILES string of the molecule is COc1ccc(Cl)cc1N(C(=O)CNC(=O)c1ccco1)[C@@H](C(=O)NC[C@H]1CCCO1)c1ccccc1. The molecule has 0 spiro atoms. The molecule has 1 aliphatic rings. The predicted octanol–water partition coefficient (Wildman–Crippen LogP) is 3.74. The summed E-state index contributed by atoms with van der Waals surface area (Å²) in [6.45, 7) is 0.562. The minimum atomic E-state index is -1.08. The van der Waals surface area contributed by atoms with Gasteiger partial charge in [-0.2, -0.15) is 0 Å². The molecule has 10 heteroatoms. The summed E-state index contributed by atoms with van der Waals surface area (Å²) in [5.41, 5.74) is 0.855. The predicted molar refractivity (Wildman–Crippen MR) is 138 cm³/mol. The highest BCUT2D eigenvalue weighted by atomic mass is 35.5. The maximum absolute atomic E-state index is 13.8. The van der Waals surface area contributed by atoms with Gasteiger partial charge in [0.15, 0.2) is 5.76 Å². The quantitative estimate of drug-likeness (QED) is 0.417. The highest BCUT2D eigenvalue weighted by Crippen LogP contribution is 2.37. The zero-order chi connectivity index (χ0) is 26.2. The monoisotopic (exact) mass is 525 g/mol. The van der Waals surface area contributed by atoms with Gasteiger partial charge >= 0.3 is 0 Å². The lowest BCUT2D eigenvalue weighted by molar-refractivity contribution is -0.126. The highest BCUT2D eigenvalue weighted by Gasteiger charge is 2.35. The van der Waals surface area contributed by atoms with Crippen LogP contribution in [0.3, 0.4) is 0 Å². The molecule has 37 heavy (non-hydrogen) atoms. The lowest BCUT2D eigenvalue weighted by Crippen LogP contribution is -2.48. The molecule has 0 aliphatic carbocycles. The number of amides is 3. The van der Waals surface area contributed by atoms with Crippen LogP contribution in [0.5, 0.6) is 5.75 Å². The summed E-state index contributed by atoms with van der Waals surface area (Å²) in [4.78, 5) is 41.2. The van der Waals surface area contributed by atoms with E-state index < -0.39 is 30.3 Å². The molecule has 1 saturated heterocycles. The number of halogens is 1. The van der Waals surface area contributed by atoms with E-state index in [0.717, 1.165) is 12.8 Å². The van der Waals surface area contributed by atoms with Crippen molar-refractivity contribution in [1.29, 1.82) is 0 Å². The minimum absolute atomic E-state index is 0.0635. The Balaban J connectivity index is 1.70. The topological polar surface area (TPSA) is 110 Å². The van der Waals surface area contributed by atoms with E-state index in [4.69, 9.17) is 25.5 Å². The van der Waals surface area contributed by atoms with Crippen molar-refractivity contribution in [3.8, 4) is 5.75 Å². The van der Waals surface area contributed by atoms with Gasteiger partial charge in [0, 0.05) is 18.2 Å². The Morgan fingerprint density at radius 3 is 2.59 bits per heavy atom. The van der Waals surface area contributed by atoms with Crippen molar-refractivity contribution in [1.82, 2.24) is 10.6 Å². The summed E-state index contributed by atoms with van der Waals surface area (Å²) in [5, 5.41) is 5.84. The molecule has 1 aromatic heterocycles. The third-order valence-electron chi connectivity index (χ3n) is 5.96. The van der Waals surface area contributed by atoms with Gasteiger partial charge in [-0.05, 0) is 48.7 Å². The summed E-state index contributed by atoms with van der Waals surface area (Å²) in [7, 11) is 1.46. The number of carbonyl (C=O) groups is 3. The van der Waals surface area contributed by atoms with E-state index in [-0.39, 0.29) is 17.6 Å². The Kier molecular flexibility index (Phi) is 8.81. The molecule has 2 heterocycles. The van der Waals surface area contributed by atoms with Gasteiger partial charge in [-0.3, -0.25) is 19.3 Å². The van der Waals surface area contributed by atoms with Crippen LogP contribution < -0.4 is 20.3 Å². The van der Waals surface area contributed by atoms with Crippen molar-refractivity contribution < 1.29 is 28.3 Å². The molecule has 4 rings (SSSR count). The van der Waals surface area contributed by atoms with Gasteiger partial charge in [0.2, 0.25) is 11.8 Å². The minimum Gasteiger partial charge on any atom is -0.495 e. The number of nitrogens with one attached hydrogen (secondary N) is 2. The fraction of sp³-hybridized carbons (Fsp3) is 0.296. The van der Waals surface area contributed by atoms with Crippen LogP contribution in [0.1, 0.15) is 35.0 Å². The first-order valence-electron chi connectivity index (χ1n) is 11.9. The number of hydrogen-bond donors (Lipinski definition) is 2. The van der Waals surface area contributed by atoms with Crippen LogP contribution in [0, 0.1) is 0 Å². The third kappa shape index (κ3) is 6.49. The fourth-order valence-corrected chi connectivity index (χ4v) is 4.34. The largest absolute Gasteiger partial charge is 0.495 e. The van der Waals surface area contributed by atoms with Crippen molar-refractivity contribution in [2.24, 2.45) is 0 Å². The highest BCUT2D eigenvalue weighted by molar-refractivity contribution is 6.31. The fourth-order valence-electron chi connectivity index (χ4n) is 4.17. The maximum Gasteiger partial charge on any atom is 0.287 e. The van der Waals surface area contributed by atoms with Crippen molar-refractivity contribution in [3.63, 3.8) is 0 Å². The van der Waals surface area contributed by atoms with Gasteiger partial charge in [0.25, 0.3) is 5.91 Å². The summed E-state index contributed by atoms with van der Waals surface area (Å²) >= 11 is 6.30. The van der Waals surface area contributed by atoms with E-state index in [1.165, 1.54) is 24.3 Å². The summed E-state index contributed by atoms with van der Waals surface area (Å²) in [6, 6.07) is 15.7. The molecule has 3 amide bonds. The zero-order valence-corrected chi connectivity index (χ0v) is 21.1. The summed E-state index contributed by atoms with van der Waals surface area (Å²) in [5.74, 6) is -1.12. The molecular formula is C27H28ClN3O6. The van der Waals surface area contributed by atoms with E-state index in [9.17, 15) is 14.4 Å². The smallest absolute Gasteiger partial charge is 0.287 e. The number of benzene rings is 2. The van der Waals surface area contributed by atoms with Gasteiger partial charge in [-0.25, -0.2) is 0 Å². The normalized spacial score (nSPS) is 15.6. The standard InChI is InChI=1S/C27H28ClN3O6/c1-35-22-12-11-19(28)15-21(22)31(24(32)17-30-26(33)23-10-6-14-37-23)25(18-7-3-2-4-8-18)27(34)29-16-20-9-5-13-36-20/h2-4,6-8,10-12,14-15,20,25H,5,9,13,16-17H2,1H3,(H,29,34)(H,30,33)/t20-,25-/m1/s1. The van der Waals surface area contributed by atoms with Gasteiger partial charge in [-0.15, -0.1) is 0 Å². The molecule has 0 saturated carbocycles. The number of methoxy groups -OCH3 is 1. The first-order valence-corrected chi connectivity index (χ1v) is 12.3. The molecule has 0 bridgehead atoms. The van der Waals surface area contributed by atoms with E-state index in [2.05, 4.69) is 10.6 Å². The molecule has 9 nitrogen and oxygen atoms in total. The van der Waals surface area contributed by atoms with Gasteiger partial charge in [-0.1, -0.05) is 41.9 Å². The molecule has 1 aliphatic heterocycles. The second-order valence-corrected chi connectivity index (χ2v) is 8.87. The third-order valence-corrected chi connectivity index (χ3v) is 6.20.